The molecule has 0 bridgehead atoms. The Labute approximate surface area is 203 Å². The van der Waals surface area contributed by atoms with Gasteiger partial charge >= 0.3 is 6.18 Å². The van der Waals surface area contributed by atoms with E-state index in [-0.39, 0.29) is 18.7 Å². The van der Waals surface area contributed by atoms with E-state index in [1.54, 1.807) is 12.3 Å². The van der Waals surface area contributed by atoms with Crippen molar-refractivity contribution in [1.29, 1.82) is 0 Å². The number of nitrogens with zero attached hydrogens (tertiary/aromatic N) is 4. The summed E-state index contributed by atoms with van der Waals surface area (Å²) in [6.45, 7) is 7.95. The molecule has 35 heavy (non-hydrogen) atoms. The quantitative estimate of drug-likeness (QED) is 0.295. The van der Waals surface area contributed by atoms with Gasteiger partial charge in [-0.25, -0.2) is 15.0 Å². The molecule has 3 aromatic rings. The number of ether oxygens (including phenoxy) is 2. The molecule has 0 aliphatic carbocycles. The molecule has 0 amide bonds. The molecule has 12 heteroatoms. The predicted molar refractivity (Wildman–Crippen MR) is 132 cm³/mol. The SMILES string of the molecule is C[Si](C)(C)CCOCn1c(-c2ccnc(NCC(F)(F)F)n2)cc2cnc(N[C@@H]3CCOC3)cc21. The van der Waals surface area contributed by atoms with Crippen LogP contribution in [0.25, 0.3) is 22.3 Å². The summed E-state index contributed by atoms with van der Waals surface area (Å²) in [6.07, 6.45) is -0.224. The molecule has 3 aromatic heterocycles. The second-order valence-corrected chi connectivity index (χ2v) is 15.5. The smallest absolute Gasteiger partial charge is 0.379 e. The molecule has 4 heterocycles. The van der Waals surface area contributed by atoms with Gasteiger partial charge in [0.2, 0.25) is 5.95 Å². The van der Waals surface area contributed by atoms with Crippen LogP contribution in [0.5, 0.6) is 0 Å². The van der Waals surface area contributed by atoms with Crippen molar-refractivity contribution in [2.45, 2.75) is 51.1 Å². The number of nitrogens with one attached hydrogen (secondary N) is 2. The average molecular weight is 509 g/mol. The van der Waals surface area contributed by atoms with Gasteiger partial charge < -0.3 is 24.7 Å². The van der Waals surface area contributed by atoms with Gasteiger partial charge in [-0.1, -0.05) is 19.6 Å². The lowest BCUT2D eigenvalue weighted by Crippen LogP contribution is -2.22. The predicted octanol–water partition coefficient (Wildman–Crippen LogP) is 4.98. The molecule has 1 saturated heterocycles. The summed E-state index contributed by atoms with van der Waals surface area (Å²) in [7, 11) is -1.26. The summed E-state index contributed by atoms with van der Waals surface area (Å²) in [5.74, 6) is 0.647. The highest BCUT2D eigenvalue weighted by atomic mass is 28.3. The minimum atomic E-state index is -4.36. The van der Waals surface area contributed by atoms with Gasteiger partial charge in [0.05, 0.1) is 29.6 Å². The van der Waals surface area contributed by atoms with E-state index in [4.69, 9.17) is 9.47 Å². The van der Waals surface area contributed by atoms with Crippen molar-refractivity contribution in [3.05, 3.63) is 30.6 Å². The Hall–Kier alpha value is -2.70. The van der Waals surface area contributed by atoms with Crippen molar-refractivity contribution in [2.24, 2.45) is 0 Å². The number of hydrogen-bond donors (Lipinski definition) is 2. The molecule has 1 atom stereocenters. The Morgan fingerprint density at radius 1 is 1.23 bits per heavy atom. The van der Waals surface area contributed by atoms with Gasteiger partial charge in [0.1, 0.15) is 19.1 Å². The second-order valence-electron chi connectivity index (χ2n) is 9.87. The van der Waals surface area contributed by atoms with E-state index in [1.807, 2.05) is 16.7 Å². The maximum absolute atomic E-state index is 12.7. The van der Waals surface area contributed by atoms with Crippen LogP contribution in [-0.4, -0.2) is 66.2 Å². The van der Waals surface area contributed by atoms with E-state index < -0.39 is 20.8 Å². The van der Waals surface area contributed by atoms with Crippen LogP contribution in [0.2, 0.25) is 25.7 Å². The van der Waals surface area contributed by atoms with Gasteiger partial charge in [-0.15, -0.1) is 0 Å². The largest absolute Gasteiger partial charge is 0.405 e. The first-order valence-electron chi connectivity index (χ1n) is 11.6. The number of fused-ring (bicyclic) bond motifs is 1. The number of hydrogen-bond acceptors (Lipinski definition) is 7. The standard InChI is InChI=1S/C23H31F3N6O2Si/c1-35(2,3)9-8-34-15-32-19-11-21(30-17-5-7-33-13-17)28-12-16(19)10-20(32)18-4-6-27-22(31-18)29-14-23(24,25)26/h4,6,10-12,17H,5,7-9,13-15H2,1-3H3,(H,28,30)(H,27,29,31)/t17-/m1/s1. The fourth-order valence-electron chi connectivity index (χ4n) is 3.74. The third-order valence-corrected chi connectivity index (χ3v) is 7.35. The molecule has 0 unspecified atom stereocenters. The molecule has 1 fully saturated rings. The minimum Gasteiger partial charge on any atom is -0.379 e. The Balaban J connectivity index is 1.64. The van der Waals surface area contributed by atoms with Crippen molar-refractivity contribution >= 4 is 30.7 Å². The molecule has 2 N–H and O–H groups in total. The third kappa shape index (κ3) is 7.15. The summed E-state index contributed by atoms with van der Waals surface area (Å²) >= 11 is 0. The van der Waals surface area contributed by atoms with E-state index in [0.29, 0.717) is 24.6 Å². The van der Waals surface area contributed by atoms with E-state index in [2.05, 4.69) is 45.2 Å². The molecule has 4 rings (SSSR count). The van der Waals surface area contributed by atoms with Crippen LogP contribution < -0.4 is 10.6 Å². The first-order chi connectivity index (χ1) is 16.6. The topological polar surface area (TPSA) is 86.1 Å². The Morgan fingerprint density at radius 2 is 2.06 bits per heavy atom. The summed E-state index contributed by atoms with van der Waals surface area (Å²) in [6, 6.07) is 6.79. The lowest BCUT2D eigenvalue weighted by Gasteiger charge is -2.17. The first kappa shape index (κ1) is 25.4. The Morgan fingerprint density at radius 3 is 2.77 bits per heavy atom. The monoisotopic (exact) mass is 508 g/mol. The van der Waals surface area contributed by atoms with E-state index in [0.717, 1.165) is 35.8 Å². The number of pyridine rings is 1. The zero-order chi connectivity index (χ0) is 25.1. The highest BCUT2D eigenvalue weighted by Gasteiger charge is 2.27. The van der Waals surface area contributed by atoms with Crippen LogP contribution >= 0.6 is 0 Å². The fourth-order valence-corrected chi connectivity index (χ4v) is 4.50. The highest BCUT2D eigenvalue weighted by molar-refractivity contribution is 6.76. The summed E-state index contributed by atoms with van der Waals surface area (Å²) in [5, 5.41) is 6.54. The van der Waals surface area contributed by atoms with Crippen LogP contribution in [0.4, 0.5) is 24.9 Å². The lowest BCUT2D eigenvalue weighted by atomic mass is 10.2. The maximum atomic E-state index is 12.7. The maximum Gasteiger partial charge on any atom is 0.405 e. The van der Waals surface area contributed by atoms with E-state index in [9.17, 15) is 13.2 Å². The van der Waals surface area contributed by atoms with Crippen LogP contribution in [-0.2, 0) is 16.2 Å². The summed E-state index contributed by atoms with van der Waals surface area (Å²) in [4.78, 5) is 12.8. The lowest BCUT2D eigenvalue weighted by molar-refractivity contribution is -0.115. The molecule has 0 saturated carbocycles. The molecule has 190 valence electrons. The normalized spacial score (nSPS) is 16.7. The fraction of sp³-hybridized carbons (Fsp3) is 0.522. The van der Waals surface area contributed by atoms with Crippen molar-refractivity contribution < 1.29 is 22.6 Å². The number of rotatable bonds is 10. The second kappa shape index (κ2) is 10.5. The molecular formula is C23H31F3N6O2Si. The molecule has 1 aliphatic rings. The van der Waals surface area contributed by atoms with Gasteiger partial charge in [0, 0.05) is 45.1 Å². The molecule has 8 nitrogen and oxygen atoms in total. The van der Waals surface area contributed by atoms with Crippen molar-refractivity contribution in [2.75, 3.05) is 37.0 Å². The van der Waals surface area contributed by atoms with E-state index >= 15 is 0 Å². The van der Waals surface area contributed by atoms with Crippen LogP contribution in [0.3, 0.4) is 0 Å². The van der Waals surface area contributed by atoms with Gasteiger partial charge in [-0.2, -0.15) is 13.2 Å². The average Bonchev–Trinajstić information content (AvgIpc) is 3.42. The van der Waals surface area contributed by atoms with Crippen LogP contribution in [0.1, 0.15) is 6.42 Å². The van der Waals surface area contributed by atoms with Gasteiger partial charge in [0.15, 0.2) is 0 Å². The molecule has 0 radical (unpaired) electrons. The van der Waals surface area contributed by atoms with Crippen molar-refractivity contribution in [3.63, 3.8) is 0 Å². The molecular weight excluding hydrogens is 477 g/mol. The Bertz CT molecular complexity index is 1140. The van der Waals surface area contributed by atoms with Gasteiger partial charge in [-0.05, 0) is 24.6 Å². The molecule has 0 spiro atoms. The van der Waals surface area contributed by atoms with Gasteiger partial charge in [0.25, 0.3) is 0 Å². The number of aromatic nitrogens is 4. The van der Waals surface area contributed by atoms with Crippen LogP contribution in [0, 0.1) is 0 Å². The number of alkyl halides is 3. The highest BCUT2D eigenvalue weighted by Crippen LogP contribution is 2.29. The summed E-state index contributed by atoms with van der Waals surface area (Å²) in [5.41, 5.74) is 2.11. The van der Waals surface area contributed by atoms with E-state index in [1.165, 1.54) is 6.20 Å². The van der Waals surface area contributed by atoms with Crippen molar-refractivity contribution in [1.82, 2.24) is 19.5 Å². The molecule has 1 aliphatic heterocycles. The molecule has 0 aromatic carbocycles. The zero-order valence-corrected chi connectivity index (χ0v) is 21.2. The van der Waals surface area contributed by atoms with Crippen LogP contribution in [0.15, 0.2) is 30.6 Å². The van der Waals surface area contributed by atoms with Gasteiger partial charge in [-0.3, -0.25) is 0 Å². The zero-order valence-electron chi connectivity index (χ0n) is 20.2. The summed E-state index contributed by atoms with van der Waals surface area (Å²) < 4.78 is 51.4. The first-order valence-corrected chi connectivity index (χ1v) is 15.3. The number of anilines is 2. The van der Waals surface area contributed by atoms with Crippen molar-refractivity contribution in [3.8, 4) is 11.4 Å². The number of halogens is 3. The third-order valence-electron chi connectivity index (χ3n) is 5.65. The minimum absolute atomic E-state index is 0.0852. The Kier molecular flexibility index (Phi) is 7.62.